The molecule has 0 bridgehead atoms. The molecule has 0 radical (unpaired) electrons. The second kappa shape index (κ2) is 11.3. The van der Waals surface area contributed by atoms with Gasteiger partial charge in [0.15, 0.2) is 0 Å². The van der Waals surface area contributed by atoms with Gasteiger partial charge in [-0.25, -0.2) is 8.78 Å². The van der Waals surface area contributed by atoms with Gasteiger partial charge in [0.05, 0.1) is 5.75 Å². The summed E-state index contributed by atoms with van der Waals surface area (Å²) in [7, 11) is 0. The van der Waals surface area contributed by atoms with Gasteiger partial charge in [-0.05, 0) is 49.1 Å². The molecule has 1 aliphatic rings. The smallest absolute Gasteiger partial charge is 0.242 e. The fraction of sp³-hybridized carbons (Fsp3) is 0.417. The van der Waals surface area contributed by atoms with E-state index in [1.54, 1.807) is 37.3 Å². The van der Waals surface area contributed by atoms with Gasteiger partial charge in [0.1, 0.15) is 17.7 Å². The first-order valence-electron chi connectivity index (χ1n) is 10.6. The Balaban J connectivity index is 1.65. The monoisotopic (exact) mass is 446 g/mol. The van der Waals surface area contributed by atoms with Crippen LogP contribution in [0.2, 0.25) is 0 Å². The molecule has 0 heterocycles. The molecule has 166 valence electrons. The molecule has 0 spiro atoms. The molecule has 31 heavy (non-hydrogen) atoms. The summed E-state index contributed by atoms with van der Waals surface area (Å²) in [5.41, 5.74) is 1.28. The highest BCUT2D eigenvalue weighted by Crippen LogP contribution is 2.20. The molecule has 0 aliphatic heterocycles. The van der Waals surface area contributed by atoms with Crippen LogP contribution in [-0.2, 0) is 21.9 Å². The van der Waals surface area contributed by atoms with E-state index in [-0.39, 0.29) is 41.8 Å². The molecule has 1 aliphatic carbocycles. The van der Waals surface area contributed by atoms with Crippen molar-refractivity contribution < 1.29 is 18.4 Å². The summed E-state index contributed by atoms with van der Waals surface area (Å²) in [6, 6.07) is 11.9. The Morgan fingerprint density at radius 3 is 2.45 bits per heavy atom. The van der Waals surface area contributed by atoms with E-state index in [1.165, 1.54) is 34.9 Å². The molecule has 3 rings (SSSR count). The molecule has 2 aromatic carbocycles. The van der Waals surface area contributed by atoms with Crippen molar-refractivity contribution >= 4 is 23.6 Å². The average Bonchev–Trinajstić information content (AvgIpc) is 3.27. The fourth-order valence-electron chi connectivity index (χ4n) is 3.71. The van der Waals surface area contributed by atoms with E-state index in [0.717, 1.165) is 31.2 Å². The molecule has 0 aromatic heterocycles. The number of benzene rings is 2. The van der Waals surface area contributed by atoms with Gasteiger partial charge in [-0.15, -0.1) is 11.8 Å². The van der Waals surface area contributed by atoms with Crippen molar-refractivity contribution in [2.24, 2.45) is 0 Å². The van der Waals surface area contributed by atoms with Crippen LogP contribution >= 0.6 is 11.8 Å². The Morgan fingerprint density at radius 1 is 1.10 bits per heavy atom. The number of amides is 2. The standard InChI is InChI=1S/C24H28F2N2O2S/c1-17(24(30)27-21-7-3-4-8-21)28(14-18-10-12-20(25)13-11-18)23(29)16-31-15-19-6-2-5-9-22(19)26/h2,5-6,9-13,17,21H,3-4,7-8,14-16H2,1H3,(H,27,30)/t17-/m0/s1. The first-order chi connectivity index (χ1) is 14.9. The number of carbonyl (C=O) groups excluding carboxylic acids is 2. The number of nitrogens with zero attached hydrogens (tertiary/aromatic N) is 1. The summed E-state index contributed by atoms with van der Waals surface area (Å²) in [4.78, 5) is 27.4. The Kier molecular flexibility index (Phi) is 8.46. The van der Waals surface area contributed by atoms with Crippen molar-refractivity contribution in [3.8, 4) is 0 Å². The number of halogens is 2. The highest BCUT2D eigenvalue weighted by atomic mass is 32.2. The molecule has 1 atom stereocenters. The van der Waals surface area contributed by atoms with Crippen molar-refractivity contribution in [3.63, 3.8) is 0 Å². The molecule has 1 N–H and O–H groups in total. The summed E-state index contributed by atoms with van der Waals surface area (Å²) >= 11 is 1.31. The van der Waals surface area contributed by atoms with Crippen LogP contribution in [0.5, 0.6) is 0 Å². The molecule has 4 nitrogen and oxygen atoms in total. The van der Waals surface area contributed by atoms with E-state index in [1.807, 2.05) is 0 Å². The second-order valence-corrected chi connectivity index (χ2v) is 8.88. The van der Waals surface area contributed by atoms with Gasteiger partial charge in [-0.3, -0.25) is 9.59 Å². The van der Waals surface area contributed by atoms with Gasteiger partial charge in [0, 0.05) is 18.3 Å². The maximum Gasteiger partial charge on any atom is 0.242 e. The zero-order valence-corrected chi connectivity index (χ0v) is 18.5. The van der Waals surface area contributed by atoms with E-state index < -0.39 is 6.04 Å². The van der Waals surface area contributed by atoms with E-state index in [9.17, 15) is 18.4 Å². The van der Waals surface area contributed by atoms with Gasteiger partial charge in [0.2, 0.25) is 11.8 Å². The molecule has 1 saturated carbocycles. The minimum Gasteiger partial charge on any atom is -0.352 e. The lowest BCUT2D eigenvalue weighted by Gasteiger charge is -2.29. The summed E-state index contributed by atoms with van der Waals surface area (Å²) in [5.74, 6) is -0.549. The fourth-order valence-corrected chi connectivity index (χ4v) is 4.60. The lowest BCUT2D eigenvalue weighted by Crippen LogP contribution is -2.50. The molecule has 0 unspecified atom stereocenters. The molecule has 1 fully saturated rings. The van der Waals surface area contributed by atoms with Crippen molar-refractivity contribution in [1.82, 2.24) is 10.2 Å². The quantitative estimate of drug-likeness (QED) is 0.609. The van der Waals surface area contributed by atoms with Crippen LogP contribution in [0.4, 0.5) is 8.78 Å². The normalized spacial score (nSPS) is 14.9. The van der Waals surface area contributed by atoms with Crippen LogP contribution in [-0.4, -0.2) is 34.6 Å². The van der Waals surface area contributed by atoms with Crippen molar-refractivity contribution in [2.75, 3.05) is 5.75 Å². The zero-order chi connectivity index (χ0) is 22.2. The van der Waals surface area contributed by atoms with Crippen molar-refractivity contribution in [2.45, 2.75) is 57.0 Å². The molecule has 7 heteroatoms. The van der Waals surface area contributed by atoms with Crippen LogP contribution in [0.15, 0.2) is 48.5 Å². The number of hydrogen-bond acceptors (Lipinski definition) is 3. The predicted molar refractivity (Wildman–Crippen MR) is 119 cm³/mol. The summed E-state index contributed by atoms with van der Waals surface area (Å²) in [6.07, 6.45) is 4.13. The maximum atomic E-state index is 13.8. The van der Waals surface area contributed by atoms with Gasteiger partial charge < -0.3 is 10.2 Å². The minimum absolute atomic E-state index is 0.122. The minimum atomic E-state index is -0.660. The predicted octanol–water partition coefficient (Wildman–Crippen LogP) is 4.67. The first-order valence-corrected chi connectivity index (χ1v) is 11.7. The summed E-state index contributed by atoms with van der Waals surface area (Å²) < 4.78 is 27.1. The number of rotatable bonds is 9. The largest absolute Gasteiger partial charge is 0.352 e. The molecule has 2 aromatic rings. The average molecular weight is 447 g/mol. The Bertz CT molecular complexity index is 885. The molecule has 2 amide bonds. The molecular formula is C24H28F2N2O2S. The van der Waals surface area contributed by atoms with Crippen molar-refractivity contribution in [1.29, 1.82) is 0 Å². The lowest BCUT2D eigenvalue weighted by atomic mass is 10.1. The maximum absolute atomic E-state index is 13.8. The first kappa shape index (κ1) is 23.3. The van der Waals surface area contributed by atoms with E-state index in [0.29, 0.717) is 11.3 Å². The van der Waals surface area contributed by atoms with Crippen molar-refractivity contribution in [3.05, 3.63) is 71.3 Å². The van der Waals surface area contributed by atoms with Gasteiger partial charge in [0.25, 0.3) is 0 Å². The second-order valence-electron chi connectivity index (χ2n) is 7.90. The Morgan fingerprint density at radius 2 is 1.77 bits per heavy atom. The third kappa shape index (κ3) is 6.79. The highest BCUT2D eigenvalue weighted by molar-refractivity contribution is 7.99. The van der Waals surface area contributed by atoms with E-state index in [4.69, 9.17) is 0 Å². The lowest BCUT2D eigenvalue weighted by molar-refractivity contribution is -0.138. The SMILES string of the molecule is C[C@@H](C(=O)NC1CCCC1)N(Cc1ccc(F)cc1)C(=O)CSCc1ccccc1F. The van der Waals surface area contributed by atoms with Crippen LogP contribution in [0.3, 0.4) is 0 Å². The van der Waals surface area contributed by atoms with Crippen LogP contribution in [0, 0.1) is 11.6 Å². The topological polar surface area (TPSA) is 49.4 Å². The Hall–Kier alpha value is -2.41. The van der Waals surface area contributed by atoms with E-state index >= 15 is 0 Å². The van der Waals surface area contributed by atoms with Gasteiger partial charge in [-0.1, -0.05) is 43.2 Å². The summed E-state index contributed by atoms with van der Waals surface area (Å²) in [5, 5.41) is 3.05. The zero-order valence-electron chi connectivity index (χ0n) is 17.7. The summed E-state index contributed by atoms with van der Waals surface area (Å²) in [6.45, 7) is 1.92. The van der Waals surface area contributed by atoms with Crippen LogP contribution in [0.25, 0.3) is 0 Å². The number of carbonyl (C=O) groups is 2. The highest BCUT2D eigenvalue weighted by Gasteiger charge is 2.28. The van der Waals surface area contributed by atoms with Crippen LogP contribution in [0.1, 0.15) is 43.7 Å². The third-order valence-electron chi connectivity index (χ3n) is 5.58. The van der Waals surface area contributed by atoms with Gasteiger partial charge in [-0.2, -0.15) is 0 Å². The van der Waals surface area contributed by atoms with E-state index in [2.05, 4.69) is 5.32 Å². The molecular weight excluding hydrogens is 418 g/mol. The molecule has 0 saturated heterocycles. The third-order valence-corrected chi connectivity index (χ3v) is 6.54. The number of nitrogens with one attached hydrogen (secondary N) is 1. The van der Waals surface area contributed by atoms with Gasteiger partial charge >= 0.3 is 0 Å². The van der Waals surface area contributed by atoms with Crippen LogP contribution < -0.4 is 5.32 Å². The number of hydrogen-bond donors (Lipinski definition) is 1. The number of thioether (sulfide) groups is 1. The Labute approximate surface area is 186 Å².